The van der Waals surface area contributed by atoms with E-state index >= 15 is 0 Å². The van der Waals surface area contributed by atoms with Crippen molar-refractivity contribution >= 4 is 5.91 Å². The molecule has 2 N–H and O–H groups in total. The maximum absolute atomic E-state index is 12.4. The van der Waals surface area contributed by atoms with Crippen LogP contribution < -0.4 is 10.6 Å². The fraction of sp³-hybridized carbons (Fsp3) is 0.938. The Bertz CT molecular complexity index is 266. The van der Waals surface area contributed by atoms with Crippen LogP contribution in [0.1, 0.15) is 71.1 Å². The largest absolute Gasteiger partial charge is 0.352 e. The van der Waals surface area contributed by atoms with Crippen LogP contribution in [0.4, 0.5) is 0 Å². The van der Waals surface area contributed by atoms with Crippen molar-refractivity contribution < 1.29 is 4.79 Å². The zero-order valence-electron chi connectivity index (χ0n) is 12.4. The molecule has 1 saturated carbocycles. The average molecular weight is 266 g/mol. The third-order valence-electron chi connectivity index (χ3n) is 4.86. The van der Waals surface area contributed by atoms with Gasteiger partial charge in [-0.3, -0.25) is 4.79 Å². The van der Waals surface area contributed by atoms with Crippen molar-refractivity contribution in [3.8, 4) is 0 Å². The molecule has 0 spiro atoms. The molecule has 0 radical (unpaired) electrons. The minimum atomic E-state index is 0.0557. The molecular formula is C16H30N2O. The lowest BCUT2D eigenvalue weighted by Crippen LogP contribution is -2.49. The summed E-state index contributed by atoms with van der Waals surface area (Å²) in [5.74, 6) is 0.966. The summed E-state index contributed by atoms with van der Waals surface area (Å²) in [5, 5.41) is 6.73. The maximum atomic E-state index is 12.4. The third kappa shape index (κ3) is 4.48. The summed E-state index contributed by atoms with van der Waals surface area (Å²) in [6.45, 7) is 3.21. The summed E-state index contributed by atoms with van der Waals surface area (Å²) in [7, 11) is 0. The Balaban J connectivity index is 1.83. The van der Waals surface area contributed by atoms with Crippen LogP contribution in [0.15, 0.2) is 0 Å². The standard InChI is InChI=1S/C16H30N2O/c1-2-14(13-9-5-3-6-10-13)18-16(19)15-11-7-4-8-12-17-15/h13-15,17H,2-12H2,1H3,(H,18,19). The van der Waals surface area contributed by atoms with Gasteiger partial charge < -0.3 is 10.6 Å². The molecule has 2 unspecified atom stereocenters. The van der Waals surface area contributed by atoms with E-state index in [1.165, 1.54) is 51.4 Å². The van der Waals surface area contributed by atoms with E-state index in [1.807, 2.05) is 0 Å². The summed E-state index contributed by atoms with van der Waals surface area (Å²) >= 11 is 0. The van der Waals surface area contributed by atoms with Gasteiger partial charge in [-0.05, 0) is 44.6 Å². The van der Waals surface area contributed by atoms with Gasteiger partial charge in [-0.25, -0.2) is 0 Å². The van der Waals surface area contributed by atoms with Gasteiger partial charge in [-0.1, -0.05) is 39.0 Å². The van der Waals surface area contributed by atoms with E-state index in [0.29, 0.717) is 12.0 Å². The first-order chi connectivity index (χ1) is 9.31. The van der Waals surface area contributed by atoms with Gasteiger partial charge in [0, 0.05) is 6.04 Å². The summed E-state index contributed by atoms with van der Waals surface area (Å²) in [6.07, 6.45) is 12.4. The van der Waals surface area contributed by atoms with E-state index in [9.17, 15) is 4.79 Å². The summed E-state index contributed by atoms with van der Waals surface area (Å²) in [4.78, 5) is 12.4. The number of carbonyl (C=O) groups excluding carboxylic acids is 1. The van der Waals surface area contributed by atoms with Crippen LogP contribution in [0.3, 0.4) is 0 Å². The second-order valence-corrected chi connectivity index (χ2v) is 6.28. The van der Waals surface area contributed by atoms with E-state index in [-0.39, 0.29) is 11.9 Å². The van der Waals surface area contributed by atoms with E-state index in [1.54, 1.807) is 0 Å². The lowest BCUT2D eigenvalue weighted by atomic mass is 9.83. The summed E-state index contributed by atoms with van der Waals surface area (Å²) < 4.78 is 0. The number of hydrogen-bond acceptors (Lipinski definition) is 2. The third-order valence-corrected chi connectivity index (χ3v) is 4.86. The normalized spacial score (nSPS) is 27.5. The molecule has 19 heavy (non-hydrogen) atoms. The molecule has 3 heteroatoms. The molecule has 0 bridgehead atoms. The average Bonchev–Trinajstić information content (AvgIpc) is 2.74. The molecule has 3 nitrogen and oxygen atoms in total. The van der Waals surface area contributed by atoms with Crippen molar-refractivity contribution in [1.82, 2.24) is 10.6 Å². The lowest BCUT2D eigenvalue weighted by molar-refractivity contribution is -0.124. The van der Waals surface area contributed by atoms with E-state index in [4.69, 9.17) is 0 Å². The first-order valence-corrected chi connectivity index (χ1v) is 8.35. The van der Waals surface area contributed by atoms with Gasteiger partial charge in [-0.2, -0.15) is 0 Å². The molecular weight excluding hydrogens is 236 g/mol. The van der Waals surface area contributed by atoms with Crippen molar-refractivity contribution in [2.24, 2.45) is 5.92 Å². The van der Waals surface area contributed by atoms with Gasteiger partial charge in [0.15, 0.2) is 0 Å². The Morgan fingerprint density at radius 3 is 2.53 bits per heavy atom. The summed E-state index contributed by atoms with van der Waals surface area (Å²) in [6, 6.07) is 0.456. The van der Waals surface area contributed by atoms with Crippen molar-refractivity contribution in [1.29, 1.82) is 0 Å². The predicted octanol–water partition coefficient (Wildman–Crippen LogP) is 2.99. The van der Waals surface area contributed by atoms with Crippen LogP contribution in [-0.2, 0) is 4.79 Å². The maximum Gasteiger partial charge on any atom is 0.237 e. The smallest absolute Gasteiger partial charge is 0.237 e. The van der Waals surface area contributed by atoms with Crippen LogP contribution in [0.2, 0.25) is 0 Å². The molecule has 1 heterocycles. The molecule has 110 valence electrons. The van der Waals surface area contributed by atoms with Crippen LogP contribution in [0, 0.1) is 5.92 Å². The van der Waals surface area contributed by atoms with Crippen molar-refractivity contribution in [2.45, 2.75) is 83.2 Å². The van der Waals surface area contributed by atoms with Crippen molar-refractivity contribution in [3.63, 3.8) is 0 Å². The molecule has 2 fully saturated rings. The highest BCUT2D eigenvalue weighted by molar-refractivity contribution is 5.82. The van der Waals surface area contributed by atoms with Gasteiger partial charge in [0.1, 0.15) is 0 Å². The topological polar surface area (TPSA) is 41.1 Å². The molecule has 2 aliphatic rings. The van der Waals surface area contributed by atoms with Crippen molar-refractivity contribution in [2.75, 3.05) is 6.54 Å². The molecule has 0 aromatic rings. The van der Waals surface area contributed by atoms with E-state index in [0.717, 1.165) is 19.4 Å². The highest BCUT2D eigenvalue weighted by Crippen LogP contribution is 2.27. The van der Waals surface area contributed by atoms with E-state index in [2.05, 4.69) is 17.6 Å². The van der Waals surface area contributed by atoms with Crippen molar-refractivity contribution in [3.05, 3.63) is 0 Å². The molecule has 1 amide bonds. The SMILES string of the molecule is CCC(NC(=O)C1CCCCCN1)C1CCCCC1. The number of carbonyl (C=O) groups is 1. The zero-order chi connectivity index (χ0) is 13.5. The number of nitrogens with one attached hydrogen (secondary N) is 2. The fourth-order valence-electron chi connectivity index (χ4n) is 3.63. The first kappa shape index (κ1) is 14.8. The number of amides is 1. The molecule has 2 atom stereocenters. The second-order valence-electron chi connectivity index (χ2n) is 6.28. The van der Waals surface area contributed by atoms with Gasteiger partial charge in [0.05, 0.1) is 6.04 Å². The Kier molecular flexibility index (Phi) is 6.15. The monoisotopic (exact) mass is 266 g/mol. The zero-order valence-corrected chi connectivity index (χ0v) is 12.4. The Labute approximate surface area is 117 Å². The lowest BCUT2D eigenvalue weighted by Gasteiger charge is -2.31. The number of hydrogen-bond donors (Lipinski definition) is 2. The second kappa shape index (κ2) is 7.88. The Morgan fingerprint density at radius 2 is 1.79 bits per heavy atom. The highest BCUT2D eigenvalue weighted by atomic mass is 16.2. The van der Waals surface area contributed by atoms with Crippen LogP contribution in [0.25, 0.3) is 0 Å². The molecule has 1 aliphatic carbocycles. The highest BCUT2D eigenvalue weighted by Gasteiger charge is 2.26. The van der Waals surface area contributed by atoms with Crippen LogP contribution in [0.5, 0.6) is 0 Å². The fourth-order valence-corrected chi connectivity index (χ4v) is 3.63. The number of rotatable bonds is 4. The predicted molar refractivity (Wildman–Crippen MR) is 79.1 cm³/mol. The van der Waals surface area contributed by atoms with Gasteiger partial charge in [0.2, 0.25) is 5.91 Å². The minimum Gasteiger partial charge on any atom is -0.352 e. The quantitative estimate of drug-likeness (QED) is 0.821. The molecule has 0 aromatic heterocycles. The minimum absolute atomic E-state index is 0.0557. The first-order valence-electron chi connectivity index (χ1n) is 8.35. The van der Waals surface area contributed by atoms with E-state index < -0.39 is 0 Å². The Hall–Kier alpha value is -0.570. The molecule has 1 saturated heterocycles. The molecule has 2 rings (SSSR count). The molecule has 0 aromatic carbocycles. The van der Waals surface area contributed by atoms with Crippen LogP contribution in [-0.4, -0.2) is 24.5 Å². The molecule has 1 aliphatic heterocycles. The summed E-state index contributed by atoms with van der Waals surface area (Å²) in [5.41, 5.74) is 0. The van der Waals surface area contributed by atoms with Gasteiger partial charge in [0.25, 0.3) is 0 Å². The van der Waals surface area contributed by atoms with Gasteiger partial charge >= 0.3 is 0 Å². The van der Waals surface area contributed by atoms with Crippen LogP contribution >= 0.6 is 0 Å². The Morgan fingerprint density at radius 1 is 1.11 bits per heavy atom. The van der Waals surface area contributed by atoms with Gasteiger partial charge in [-0.15, -0.1) is 0 Å².